The number of carbonyl (C=O) groups is 2. The van der Waals surface area contributed by atoms with Crippen LogP contribution in [0.4, 0.5) is 0 Å². The predicted octanol–water partition coefficient (Wildman–Crippen LogP) is 3.82. The molecule has 1 unspecified atom stereocenters. The van der Waals surface area contributed by atoms with E-state index in [4.69, 9.17) is 16.3 Å². The fraction of sp³-hybridized carbons (Fsp3) is 0.364. The topological polar surface area (TPSA) is 66.8 Å². The van der Waals surface area contributed by atoms with Crippen LogP contribution in [0.15, 0.2) is 42.5 Å². The van der Waals surface area contributed by atoms with Crippen molar-refractivity contribution in [1.29, 1.82) is 0 Å². The van der Waals surface area contributed by atoms with E-state index < -0.39 is 12.1 Å². The highest BCUT2D eigenvalue weighted by molar-refractivity contribution is 6.30. The Balaban J connectivity index is 1.34. The van der Waals surface area contributed by atoms with Crippen molar-refractivity contribution < 1.29 is 19.4 Å². The molecule has 0 aromatic heterocycles. The fourth-order valence-electron chi connectivity index (χ4n) is 4.13. The second kappa shape index (κ2) is 7.84. The van der Waals surface area contributed by atoms with Gasteiger partial charge in [0, 0.05) is 24.5 Å². The van der Waals surface area contributed by atoms with Gasteiger partial charge in [0.15, 0.2) is 6.10 Å². The first-order chi connectivity index (χ1) is 13.5. The number of fused-ring (bicyclic) bond motifs is 1. The molecule has 0 radical (unpaired) electrons. The van der Waals surface area contributed by atoms with Crippen LogP contribution < -0.4 is 4.74 Å². The summed E-state index contributed by atoms with van der Waals surface area (Å²) in [6.07, 6.45) is 2.54. The number of hydrogen-bond donors (Lipinski definition) is 1. The summed E-state index contributed by atoms with van der Waals surface area (Å²) >= 11 is 6.02. The molecule has 1 N–H and O–H groups in total. The molecule has 0 saturated carbocycles. The maximum atomic E-state index is 12.9. The van der Waals surface area contributed by atoms with Crippen molar-refractivity contribution in [2.24, 2.45) is 5.92 Å². The van der Waals surface area contributed by atoms with Gasteiger partial charge >= 0.3 is 5.97 Å². The first-order valence-electron chi connectivity index (χ1n) is 9.56. The molecule has 0 bridgehead atoms. The van der Waals surface area contributed by atoms with Crippen LogP contribution in [0.25, 0.3) is 0 Å². The number of ether oxygens (including phenoxy) is 1. The second-order valence-electron chi connectivity index (χ2n) is 7.50. The Morgan fingerprint density at radius 3 is 2.64 bits per heavy atom. The summed E-state index contributed by atoms with van der Waals surface area (Å²) in [7, 11) is 0. The molecule has 0 aliphatic carbocycles. The number of nitrogens with zero attached hydrogens (tertiary/aromatic N) is 1. The number of benzene rings is 2. The second-order valence-corrected chi connectivity index (χ2v) is 7.93. The van der Waals surface area contributed by atoms with E-state index in [9.17, 15) is 14.7 Å². The molecule has 1 atom stereocenters. The number of piperidine rings is 1. The van der Waals surface area contributed by atoms with E-state index in [0.29, 0.717) is 36.0 Å². The molecule has 0 spiro atoms. The predicted molar refractivity (Wildman–Crippen MR) is 106 cm³/mol. The third kappa shape index (κ3) is 3.85. The van der Waals surface area contributed by atoms with Gasteiger partial charge in [0.05, 0.1) is 5.56 Å². The molecular formula is C22H22ClNO4. The average molecular weight is 400 g/mol. The fourth-order valence-corrected chi connectivity index (χ4v) is 4.33. The Labute approximate surface area is 168 Å². The van der Waals surface area contributed by atoms with E-state index in [1.54, 1.807) is 18.2 Å². The highest BCUT2D eigenvalue weighted by Crippen LogP contribution is 2.32. The van der Waals surface area contributed by atoms with E-state index >= 15 is 0 Å². The lowest BCUT2D eigenvalue weighted by atomic mass is 9.88. The molecule has 1 amide bonds. The number of carboxylic acids is 1. The molecule has 2 aromatic carbocycles. The Morgan fingerprint density at radius 2 is 1.89 bits per heavy atom. The van der Waals surface area contributed by atoms with Crippen molar-refractivity contribution in [3.05, 3.63) is 64.2 Å². The minimum absolute atomic E-state index is 0.0247. The molecule has 28 heavy (non-hydrogen) atoms. The monoisotopic (exact) mass is 399 g/mol. The number of rotatable bonds is 4. The third-order valence-electron chi connectivity index (χ3n) is 5.66. The van der Waals surface area contributed by atoms with Gasteiger partial charge in [-0.15, -0.1) is 0 Å². The average Bonchev–Trinajstić information content (AvgIpc) is 3.11. The lowest BCUT2D eigenvalue weighted by molar-refractivity contribution is -0.139. The third-order valence-corrected chi connectivity index (χ3v) is 5.89. The summed E-state index contributed by atoms with van der Waals surface area (Å²) in [4.78, 5) is 26.1. The Bertz CT molecular complexity index is 905. The lowest BCUT2D eigenvalue weighted by Crippen LogP contribution is -2.45. The zero-order chi connectivity index (χ0) is 19.7. The molecule has 2 aliphatic rings. The lowest BCUT2D eigenvalue weighted by Gasteiger charge is -2.33. The van der Waals surface area contributed by atoms with Gasteiger partial charge in [0.2, 0.25) is 0 Å². The molecule has 6 heteroatoms. The Kier molecular flexibility index (Phi) is 5.27. The van der Waals surface area contributed by atoms with Crippen LogP contribution in [0.2, 0.25) is 5.02 Å². The SMILES string of the molecule is O=C(O)c1ccccc1CC1CCN(C(=O)C2Cc3cc(Cl)ccc3O2)CC1. The van der Waals surface area contributed by atoms with E-state index in [0.717, 1.165) is 36.1 Å². The number of hydrogen-bond acceptors (Lipinski definition) is 3. The molecule has 1 saturated heterocycles. The van der Waals surface area contributed by atoms with Crippen LogP contribution in [0.1, 0.15) is 34.3 Å². The van der Waals surface area contributed by atoms with Crippen molar-refractivity contribution in [3.8, 4) is 5.75 Å². The summed E-state index contributed by atoms with van der Waals surface area (Å²) in [6, 6.07) is 12.6. The standard InChI is InChI=1S/C22H22ClNO4/c23-17-5-6-19-16(12-17)13-20(28-19)21(25)24-9-7-14(8-10-24)11-15-3-1-2-4-18(15)22(26)27/h1-6,12,14,20H,7-11,13H2,(H,26,27). The molecule has 2 aliphatic heterocycles. The number of likely N-dealkylation sites (tertiary alicyclic amines) is 1. The molecular weight excluding hydrogens is 378 g/mol. The van der Waals surface area contributed by atoms with Crippen molar-refractivity contribution in [1.82, 2.24) is 4.90 Å². The van der Waals surface area contributed by atoms with Gasteiger partial charge in [0.1, 0.15) is 5.75 Å². The molecule has 146 valence electrons. The zero-order valence-corrected chi connectivity index (χ0v) is 16.2. The number of carboxylic acid groups (broad SMARTS) is 1. The van der Waals surface area contributed by atoms with Gasteiger partial charge in [-0.2, -0.15) is 0 Å². The molecule has 5 nitrogen and oxygen atoms in total. The van der Waals surface area contributed by atoms with Gasteiger partial charge in [-0.05, 0) is 60.6 Å². The van der Waals surface area contributed by atoms with Gasteiger partial charge in [-0.3, -0.25) is 4.79 Å². The van der Waals surface area contributed by atoms with Crippen LogP contribution in [0.3, 0.4) is 0 Å². The van der Waals surface area contributed by atoms with E-state index in [1.165, 1.54) is 0 Å². The van der Waals surface area contributed by atoms with E-state index in [-0.39, 0.29) is 5.91 Å². The van der Waals surface area contributed by atoms with Gasteiger partial charge in [-0.1, -0.05) is 29.8 Å². The number of halogens is 1. The van der Waals surface area contributed by atoms with Crippen molar-refractivity contribution in [3.63, 3.8) is 0 Å². The molecule has 1 fully saturated rings. The van der Waals surface area contributed by atoms with E-state index in [2.05, 4.69) is 0 Å². The van der Waals surface area contributed by atoms with Crippen LogP contribution in [-0.2, 0) is 17.6 Å². The highest BCUT2D eigenvalue weighted by atomic mass is 35.5. The maximum Gasteiger partial charge on any atom is 0.335 e. The summed E-state index contributed by atoms with van der Waals surface area (Å²) in [5, 5.41) is 10.00. The van der Waals surface area contributed by atoms with E-state index in [1.807, 2.05) is 29.2 Å². The highest BCUT2D eigenvalue weighted by Gasteiger charge is 2.34. The molecule has 2 heterocycles. The van der Waals surface area contributed by atoms with Crippen molar-refractivity contribution >= 4 is 23.5 Å². The smallest absolute Gasteiger partial charge is 0.335 e. The van der Waals surface area contributed by atoms with Crippen molar-refractivity contribution in [2.45, 2.75) is 31.8 Å². The van der Waals surface area contributed by atoms with Gasteiger partial charge in [-0.25, -0.2) is 4.79 Å². The van der Waals surface area contributed by atoms with Gasteiger partial charge in [0.25, 0.3) is 5.91 Å². The van der Waals surface area contributed by atoms with Gasteiger partial charge < -0.3 is 14.7 Å². The van der Waals surface area contributed by atoms with Crippen molar-refractivity contribution in [2.75, 3.05) is 13.1 Å². The summed E-state index contributed by atoms with van der Waals surface area (Å²) < 4.78 is 5.83. The molecule has 4 rings (SSSR count). The van der Waals surface area contributed by atoms with Crippen LogP contribution >= 0.6 is 11.6 Å². The first kappa shape index (κ1) is 18.8. The summed E-state index contributed by atoms with van der Waals surface area (Å²) in [5.41, 5.74) is 2.22. The summed E-state index contributed by atoms with van der Waals surface area (Å²) in [6.45, 7) is 1.35. The Morgan fingerprint density at radius 1 is 1.14 bits per heavy atom. The Hall–Kier alpha value is -2.53. The minimum Gasteiger partial charge on any atom is -0.480 e. The minimum atomic E-state index is -0.888. The summed E-state index contributed by atoms with van der Waals surface area (Å²) in [5.74, 6) is 0.255. The van der Waals surface area contributed by atoms with Crippen LogP contribution in [0, 0.1) is 5.92 Å². The first-order valence-corrected chi connectivity index (χ1v) is 9.94. The molecule has 2 aromatic rings. The quantitative estimate of drug-likeness (QED) is 0.848. The number of aromatic carboxylic acids is 1. The zero-order valence-electron chi connectivity index (χ0n) is 15.4. The largest absolute Gasteiger partial charge is 0.480 e. The maximum absolute atomic E-state index is 12.9. The number of carbonyl (C=O) groups excluding carboxylic acids is 1. The van der Waals surface area contributed by atoms with Crippen LogP contribution in [0.5, 0.6) is 5.75 Å². The van der Waals surface area contributed by atoms with Crippen LogP contribution in [-0.4, -0.2) is 41.1 Å². The normalized spacial score (nSPS) is 19.2. The number of amides is 1.